The first kappa shape index (κ1) is 19.9. The van der Waals surface area contributed by atoms with Crippen molar-refractivity contribution in [1.29, 1.82) is 0 Å². The zero-order valence-corrected chi connectivity index (χ0v) is 16.4. The summed E-state index contributed by atoms with van der Waals surface area (Å²) in [6.45, 7) is 4.18. The molecule has 1 fully saturated rings. The number of rotatable bonds is 7. The molecule has 0 bridgehead atoms. The Kier molecular flexibility index (Phi) is 6.63. The third-order valence-corrected chi connectivity index (χ3v) is 5.01. The highest BCUT2D eigenvalue weighted by Gasteiger charge is 2.23. The summed E-state index contributed by atoms with van der Waals surface area (Å²) in [4.78, 5) is 28.9. The number of carbonyl (C=O) groups is 2. The van der Waals surface area contributed by atoms with Gasteiger partial charge in [0.25, 0.3) is 5.91 Å². The van der Waals surface area contributed by atoms with Crippen molar-refractivity contribution in [2.45, 2.75) is 45.6 Å². The number of hydrogen-bond acceptors (Lipinski definition) is 4. The van der Waals surface area contributed by atoms with Gasteiger partial charge in [0.15, 0.2) is 0 Å². The number of hydrogen-bond donors (Lipinski definition) is 2. The van der Waals surface area contributed by atoms with Gasteiger partial charge in [-0.3, -0.25) is 14.6 Å². The SMILES string of the molecule is Cc1ccc(C(=O)NCC(C)Oc2cccnc2)cc1NC(=O)C1CCCC1. The van der Waals surface area contributed by atoms with E-state index < -0.39 is 0 Å². The Morgan fingerprint density at radius 1 is 1.25 bits per heavy atom. The van der Waals surface area contributed by atoms with Crippen LogP contribution in [0, 0.1) is 12.8 Å². The van der Waals surface area contributed by atoms with E-state index in [9.17, 15) is 9.59 Å². The van der Waals surface area contributed by atoms with Crippen LogP contribution >= 0.6 is 0 Å². The summed E-state index contributed by atoms with van der Waals surface area (Å²) in [5.74, 6) is 0.605. The van der Waals surface area contributed by atoms with Crippen molar-refractivity contribution in [1.82, 2.24) is 10.3 Å². The van der Waals surface area contributed by atoms with Gasteiger partial charge in [0.1, 0.15) is 11.9 Å². The zero-order chi connectivity index (χ0) is 19.9. The fourth-order valence-corrected chi connectivity index (χ4v) is 3.35. The summed E-state index contributed by atoms with van der Waals surface area (Å²) < 4.78 is 5.72. The lowest BCUT2D eigenvalue weighted by molar-refractivity contribution is -0.119. The first-order valence-corrected chi connectivity index (χ1v) is 9.79. The fraction of sp³-hybridized carbons (Fsp3) is 0.409. The Labute approximate surface area is 165 Å². The van der Waals surface area contributed by atoms with E-state index in [1.54, 1.807) is 30.6 Å². The highest BCUT2D eigenvalue weighted by atomic mass is 16.5. The summed E-state index contributed by atoms with van der Waals surface area (Å²) in [6, 6.07) is 8.99. The predicted molar refractivity (Wildman–Crippen MR) is 108 cm³/mol. The minimum Gasteiger partial charge on any atom is -0.487 e. The van der Waals surface area contributed by atoms with Gasteiger partial charge in [0, 0.05) is 23.4 Å². The molecule has 2 aromatic rings. The van der Waals surface area contributed by atoms with Gasteiger partial charge in [0.05, 0.1) is 12.7 Å². The molecular weight excluding hydrogens is 354 g/mol. The maximum Gasteiger partial charge on any atom is 0.251 e. The van der Waals surface area contributed by atoms with Crippen LogP contribution in [0.25, 0.3) is 0 Å². The lowest BCUT2D eigenvalue weighted by Gasteiger charge is -2.16. The fourth-order valence-electron chi connectivity index (χ4n) is 3.35. The van der Waals surface area contributed by atoms with Crippen LogP contribution in [0.5, 0.6) is 5.75 Å². The number of carbonyl (C=O) groups excluding carboxylic acids is 2. The van der Waals surface area contributed by atoms with Crippen molar-refractivity contribution in [3.8, 4) is 5.75 Å². The Balaban J connectivity index is 1.56. The number of benzene rings is 1. The van der Waals surface area contributed by atoms with Crippen LogP contribution in [0.2, 0.25) is 0 Å². The van der Waals surface area contributed by atoms with E-state index in [-0.39, 0.29) is 23.8 Å². The Bertz CT molecular complexity index is 817. The second-order valence-electron chi connectivity index (χ2n) is 7.33. The van der Waals surface area contributed by atoms with Crippen LogP contribution in [0.3, 0.4) is 0 Å². The molecule has 1 aromatic heterocycles. The molecule has 28 heavy (non-hydrogen) atoms. The monoisotopic (exact) mass is 381 g/mol. The molecule has 0 saturated heterocycles. The Morgan fingerprint density at radius 2 is 2.04 bits per heavy atom. The predicted octanol–water partition coefficient (Wildman–Crippen LogP) is 3.72. The average Bonchev–Trinajstić information content (AvgIpc) is 3.23. The minimum atomic E-state index is -0.196. The van der Waals surface area contributed by atoms with Crippen molar-refractivity contribution in [2.24, 2.45) is 5.92 Å². The third-order valence-electron chi connectivity index (χ3n) is 5.01. The van der Waals surface area contributed by atoms with Gasteiger partial charge in [-0.05, 0) is 56.5 Å². The highest BCUT2D eigenvalue weighted by molar-refractivity contribution is 5.98. The maximum absolute atomic E-state index is 12.5. The van der Waals surface area contributed by atoms with Crippen molar-refractivity contribution < 1.29 is 14.3 Å². The minimum absolute atomic E-state index is 0.0525. The van der Waals surface area contributed by atoms with Crippen molar-refractivity contribution in [3.05, 3.63) is 53.9 Å². The molecule has 2 N–H and O–H groups in total. The van der Waals surface area contributed by atoms with Gasteiger partial charge >= 0.3 is 0 Å². The standard InChI is InChI=1S/C22H27N3O3/c1-15-9-10-18(12-20(15)25-22(27)17-6-3-4-7-17)21(26)24-13-16(2)28-19-8-5-11-23-14-19/h5,8-12,14,16-17H,3-4,6-7,13H2,1-2H3,(H,24,26)(H,25,27). The number of nitrogens with zero attached hydrogens (tertiary/aromatic N) is 1. The molecule has 1 atom stereocenters. The molecule has 1 heterocycles. The van der Waals surface area contributed by atoms with E-state index in [2.05, 4.69) is 15.6 Å². The van der Waals surface area contributed by atoms with Crippen LogP contribution in [0.15, 0.2) is 42.7 Å². The van der Waals surface area contributed by atoms with Gasteiger partial charge in [-0.25, -0.2) is 0 Å². The summed E-state index contributed by atoms with van der Waals surface area (Å²) in [6.07, 6.45) is 7.23. The summed E-state index contributed by atoms with van der Waals surface area (Å²) in [7, 11) is 0. The molecule has 148 valence electrons. The van der Waals surface area contributed by atoms with Crippen LogP contribution in [0.1, 0.15) is 48.5 Å². The number of aromatic nitrogens is 1. The second-order valence-corrected chi connectivity index (χ2v) is 7.33. The van der Waals surface area contributed by atoms with Gasteiger partial charge in [-0.15, -0.1) is 0 Å². The molecule has 1 unspecified atom stereocenters. The molecule has 1 saturated carbocycles. The second kappa shape index (κ2) is 9.35. The van der Waals surface area contributed by atoms with Crippen LogP contribution in [-0.2, 0) is 4.79 Å². The first-order valence-electron chi connectivity index (χ1n) is 9.79. The van der Waals surface area contributed by atoms with Crippen molar-refractivity contribution >= 4 is 17.5 Å². The number of nitrogens with one attached hydrogen (secondary N) is 2. The van der Waals surface area contributed by atoms with E-state index in [4.69, 9.17) is 4.74 Å². The molecule has 1 aliphatic rings. The molecule has 1 aliphatic carbocycles. The van der Waals surface area contributed by atoms with Gasteiger partial charge in [-0.1, -0.05) is 18.9 Å². The van der Waals surface area contributed by atoms with Crippen LogP contribution in [-0.4, -0.2) is 29.4 Å². The first-order chi connectivity index (χ1) is 13.5. The summed E-state index contributed by atoms with van der Waals surface area (Å²) >= 11 is 0. The molecule has 0 aliphatic heterocycles. The molecule has 3 rings (SSSR count). The van der Waals surface area contributed by atoms with E-state index in [0.29, 0.717) is 23.5 Å². The normalized spacial score (nSPS) is 15.1. The van der Waals surface area contributed by atoms with Gasteiger partial charge in [0.2, 0.25) is 5.91 Å². The van der Waals surface area contributed by atoms with Gasteiger partial charge in [-0.2, -0.15) is 0 Å². The Hall–Kier alpha value is -2.89. The number of aryl methyl sites for hydroxylation is 1. The average molecular weight is 381 g/mol. The maximum atomic E-state index is 12.5. The quantitative estimate of drug-likeness (QED) is 0.766. The molecule has 2 amide bonds. The van der Waals surface area contributed by atoms with E-state index in [1.165, 1.54) is 0 Å². The smallest absolute Gasteiger partial charge is 0.251 e. The highest BCUT2D eigenvalue weighted by Crippen LogP contribution is 2.27. The number of pyridine rings is 1. The third kappa shape index (κ3) is 5.31. The van der Waals surface area contributed by atoms with E-state index in [0.717, 1.165) is 31.2 Å². The topological polar surface area (TPSA) is 80.3 Å². The molecular formula is C22H27N3O3. The molecule has 0 spiro atoms. The lowest BCUT2D eigenvalue weighted by Crippen LogP contribution is -2.33. The number of ether oxygens (including phenoxy) is 1. The summed E-state index contributed by atoms with van der Waals surface area (Å²) in [5, 5.41) is 5.87. The van der Waals surface area contributed by atoms with E-state index in [1.807, 2.05) is 26.0 Å². The number of amides is 2. The van der Waals surface area contributed by atoms with Crippen LogP contribution < -0.4 is 15.4 Å². The molecule has 6 nitrogen and oxygen atoms in total. The molecule has 6 heteroatoms. The van der Waals surface area contributed by atoms with Crippen molar-refractivity contribution in [3.63, 3.8) is 0 Å². The molecule has 0 radical (unpaired) electrons. The largest absolute Gasteiger partial charge is 0.487 e. The lowest BCUT2D eigenvalue weighted by atomic mass is 10.1. The zero-order valence-electron chi connectivity index (χ0n) is 16.4. The van der Waals surface area contributed by atoms with Crippen LogP contribution in [0.4, 0.5) is 5.69 Å². The summed E-state index contributed by atoms with van der Waals surface area (Å²) in [5.41, 5.74) is 2.15. The molecule has 1 aromatic carbocycles. The Morgan fingerprint density at radius 3 is 2.75 bits per heavy atom. The van der Waals surface area contributed by atoms with Crippen molar-refractivity contribution in [2.75, 3.05) is 11.9 Å². The number of anilines is 1. The van der Waals surface area contributed by atoms with E-state index >= 15 is 0 Å². The van der Waals surface area contributed by atoms with Gasteiger partial charge < -0.3 is 15.4 Å².